The Hall–Kier alpha value is -2.89. The third-order valence-electron chi connectivity index (χ3n) is 7.19. The highest BCUT2D eigenvalue weighted by molar-refractivity contribution is 7.21. The van der Waals surface area contributed by atoms with E-state index in [-0.39, 0.29) is 28.6 Å². The van der Waals surface area contributed by atoms with Crippen molar-refractivity contribution in [2.75, 3.05) is 44.5 Å². The number of rotatable bonds is 6. The van der Waals surface area contributed by atoms with Gasteiger partial charge in [-0.3, -0.25) is 4.79 Å². The van der Waals surface area contributed by atoms with Crippen LogP contribution in [0.3, 0.4) is 0 Å². The number of nitrogen functional groups attached to an aromatic ring is 1. The third kappa shape index (κ3) is 4.29. The van der Waals surface area contributed by atoms with Crippen molar-refractivity contribution in [1.29, 1.82) is 0 Å². The van der Waals surface area contributed by atoms with Gasteiger partial charge in [-0.15, -0.1) is 11.3 Å². The van der Waals surface area contributed by atoms with Crippen LogP contribution >= 0.6 is 11.3 Å². The van der Waals surface area contributed by atoms with Gasteiger partial charge in [0, 0.05) is 48.8 Å². The first-order chi connectivity index (χ1) is 17.2. The van der Waals surface area contributed by atoms with Crippen molar-refractivity contribution >= 4 is 39.0 Å². The number of halogens is 2. The van der Waals surface area contributed by atoms with Crippen molar-refractivity contribution in [3.63, 3.8) is 0 Å². The third-order valence-corrected chi connectivity index (χ3v) is 8.30. The largest absolute Gasteiger partial charge is 0.397 e. The van der Waals surface area contributed by atoms with Crippen LogP contribution in [0, 0.1) is 12.8 Å². The number of hydrogen-bond acceptors (Lipinski definition) is 8. The van der Waals surface area contributed by atoms with Crippen LogP contribution in [-0.4, -0.2) is 61.8 Å². The first-order valence-corrected chi connectivity index (χ1v) is 12.8. The summed E-state index contributed by atoms with van der Waals surface area (Å²) in [6, 6.07) is 5.59. The number of ether oxygens (including phenoxy) is 1. The van der Waals surface area contributed by atoms with E-state index in [1.54, 1.807) is 25.3 Å². The normalized spacial score (nSPS) is 23.1. The molecule has 0 aromatic carbocycles. The zero-order chi connectivity index (χ0) is 25.6. The Balaban J connectivity index is 1.34. The lowest BCUT2D eigenvalue weighted by Gasteiger charge is -2.34. The molecule has 5 rings (SSSR count). The van der Waals surface area contributed by atoms with Gasteiger partial charge in [0.15, 0.2) is 0 Å². The molecule has 1 fully saturated rings. The van der Waals surface area contributed by atoms with Gasteiger partial charge in [0.1, 0.15) is 15.5 Å². The molecule has 0 spiro atoms. The summed E-state index contributed by atoms with van der Waals surface area (Å²) in [6.45, 7) is 3.93. The standard InChI is InChI=1S/C25H30F2N6O2S/c1-13-4-5-15-21(28)22(36-24(15)30-13)23(34)32-19-8-7-17-16(25(19,26)27)6-9-20(31-17)33-10-14(12-35-3)18(11-33)29-2/h4-6,9,14,18-19,29H,7-8,10-12,28H2,1-3H3,(H,32,34). The molecule has 8 nitrogen and oxygen atoms in total. The molecule has 1 aliphatic heterocycles. The van der Waals surface area contributed by atoms with E-state index in [1.807, 2.05) is 14.0 Å². The number of nitrogens with zero attached hydrogens (tertiary/aromatic N) is 3. The molecule has 1 aliphatic carbocycles. The summed E-state index contributed by atoms with van der Waals surface area (Å²) in [5.74, 6) is -2.89. The Morgan fingerprint density at radius 1 is 1.28 bits per heavy atom. The van der Waals surface area contributed by atoms with Gasteiger partial charge in [0.05, 0.1) is 24.0 Å². The molecule has 1 saturated heterocycles. The van der Waals surface area contributed by atoms with Crippen LogP contribution < -0.4 is 21.3 Å². The number of amides is 1. The molecule has 192 valence electrons. The van der Waals surface area contributed by atoms with E-state index in [0.717, 1.165) is 30.1 Å². The quantitative estimate of drug-likeness (QED) is 0.462. The van der Waals surface area contributed by atoms with Crippen molar-refractivity contribution in [3.05, 3.63) is 46.1 Å². The molecule has 4 heterocycles. The summed E-state index contributed by atoms with van der Waals surface area (Å²) >= 11 is 1.12. The van der Waals surface area contributed by atoms with Crippen LogP contribution in [0.5, 0.6) is 0 Å². The second-order valence-electron chi connectivity index (χ2n) is 9.52. The van der Waals surface area contributed by atoms with Crippen LogP contribution in [-0.2, 0) is 17.1 Å². The van der Waals surface area contributed by atoms with Crippen molar-refractivity contribution in [2.24, 2.45) is 5.92 Å². The highest BCUT2D eigenvalue weighted by Gasteiger charge is 2.47. The van der Waals surface area contributed by atoms with Gasteiger partial charge in [0.25, 0.3) is 11.8 Å². The van der Waals surface area contributed by atoms with Crippen LogP contribution in [0.25, 0.3) is 10.2 Å². The summed E-state index contributed by atoms with van der Waals surface area (Å²) in [5.41, 5.74) is 7.46. The van der Waals surface area contributed by atoms with Crippen molar-refractivity contribution in [1.82, 2.24) is 20.6 Å². The highest BCUT2D eigenvalue weighted by atomic mass is 32.1. The zero-order valence-electron chi connectivity index (χ0n) is 20.5. The molecular weight excluding hydrogens is 486 g/mol. The van der Waals surface area contributed by atoms with Gasteiger partial charge in [-0.25, -0.2) is 9.97 Å². The minimum atomic E-state index is -3.26. The number of alkyl halides is 2. The monoisotopic (exact) mass is 516 g/mol. The van der Waals surface area contributed by atoms with E-state index in [2.05, 4.69) is 25.5 Å². The van der Waals surface area contributed by atoms with Gasteiger partial charge in [-0.05, 0) is 51.1 Å². The first-order valence-electron chi connectivity index (χ1n) is 12.0. The summed E-state index contributed by atoms with van der Waals surface area (Å²) < 4.78 is 36.4. The Labute approximate surface area is 212 Å². The number of likely N-dealkylation sites (N-methyl/N-ethyl adjacent to an activating group) is 1. The van der Waals surface area contributed by atoms with E-state index >= 15 is 8.78 Å². The molecule has 11 heteroatoms. The number of fused-ring (bicyclic) bond motifs is 2. The maximum Gasteiger partial charge on any atom is 0.294 e. The SMILES string of the molecule is CNC1CN(c2ccc3c(n2)CCC(NC(=O)c2sc4nc(C)ccc4c2N)C3(F)F)CC1COC. The number of nitrogens with two attached hydrogens (primary N) is 1. The molecule has 3 atom stereocenters. The van der Waals surface area contributed by atoms with Crippen molar-refractivity contribution in [3.8, 4) is 0 Å². The number of carbonyl (C=O) groups is 1. The predicted molar refractivity (Wildman–Crippen MR) is 137 cm³/mol. The van der Waals surface area contributed by atoms with Gasteiger partial charge < -0.3 is 26.0 Å². The number of anilines is 2. The number of hydrogen-bond donors (Lipinski definition) is 3. The fraction of sp³-hybridized carbons (Fsp3) is 0.480. The second-order valence-corrected chi connectivity index (χ2v) is 10.5. The molecule has 3 unspecified atom stereocenters. The average Bonchev–Trinajstić information content (AvgIpc) is 3.41. The van der Waals surface area contributed by atoms with E-state index in [0.29, 0.717) is 40.7 Å². The number of aromatic nitrogens is 2. The molecule has 2 aliphatic rings. The van der Waals surface area contributed by atoms with Crippen LogP contribution in [0.4, 0.5) is 20.3 Å². The van der Waals surface area contributed by atoms with Crippen LogP contribution in [0.15, 0.2) is 24.3 Å². The number of pyridine rings is 2. The maximum atomic E-state index is 15.5. The van der Waals surface area contributed by atoms with Gasteiger partial charge in [0.2, 0.25) is 0 Å². The summed E-state index contributed by atoms with van der Waals surface area (Å²) in [7, 11) is 3.59. The molecule has 0 radical (unpaired) electrons. The van der Waals surface area contributed by atoms with E-state index < -0.39 is 17.9 Å². The van der Waals surface area contributed by atoms with Gasteiger partial charge in [-0.2, -0.15) is 8.78 Å². The number of nitrogens with one attached hydrogen (secondary N) is 2. The van der Waals surface area contributed by atoms with Crippen LogP contribution in [0.1, 0.15) is 33.0 Å². The average molecular weight is 517 g/mol. The molecule has 3 aromatic heterocycles. The minimum Gasteiger partial charge on any atom is -0.397 e. The fourth-order valence-electron chi connectivity index (χ4n) is 5.22. The lowest BCUT2D eigenvalue weighted by molar-refractivity contribution is -0.0509. The molecule has 4 N–H and O–H groups in total. The second kappa shape index (κ2) is 9.53. The van der Waals surface area contributed by atoms with Gasteiger partial charge in [-0.1, -0.05) is 0 Å². The van der Waals surface area contributed by atoms with Crippen molar-refractivity contribution < 1.29 is 18.3 Å². The van der Waals surface area contributed by atoms with Crippen LogP contribution in [0.2, 0.25) is 0 Å². The number of aryl methyl sites for hydroxylation is 2. The summed E-state index contributed by atoms with van der Waals surface area (Å²) in [5, 5.41) is 6.50. The maximum absolute atomic E-state index is 15.5. The lowest BCUT2D eigenvalue weighted by Crippen LogP contribution is -2.49. The van der Waals surface area contributed by atoms with E-state index in [4.69, 9.17) is 10.5 Å². The zero-order valence-corrected chi connectivity index (χ0v) is 21.3. The molecule has 0 bridgehead atoms. The topological polar surface area (TPSA) is 105 Å². The van der Waals surface area contributed by atoms with Crippen molar-refractivity contribution in [2.45, 2.75) is 37.8 Å². The smallest absolute Gasteiger partial charge is 0.294 e. The molecule has 1 amide bonds. The number of thiophene rings is 1. The number of methoxy groups -OCH3 is 1. The predicted octanol–water partition coefficient (Wildman–Crippen LogP) is 3.09. The first kappa shape index (κ1) is 24.8. The number of carbonyl (C=O) groups excluding carboxylic acids is 1. The summed E-state index contributed by atoms with van der Waals surface area (Å²) in [6.07, 6.45) is 0.424. The van der Waals surface area contributed by atoms with E-state index in [1.165, 1.54) is 6.07 Å². The molecular formula is C25H30F2N6O2S. The highest BCUT2D eigenvalue weighted by Crippen LogP contribution is 2.41. The molecule has 0 saturated carbocycles. The minimum absolute atomic E-state index is 0.0792. The lowest BCUT2D eigenvalue weighted by atomic mass is 9.88. The molecule has 3 aromatic rings. The van der Waals surface area contributed by atoms with E-state index in [9.17, 15) is 4.79 Å². The summed E-state index contributed by atoms with van der Waals surface area (Å²) in [4.78, 5) is 24.9. The Bertz CT molecular complexity index is 1300. The fourth-order valence-corrected chi connectivity index (χ4v) is 6.27. The molecule has 36 heavy (non-hydrogen) atoms. The van der Waals surface area contributed by atoms with Gasteiger partial charge >= 0.3 is 0 Å². The Morgan fingerprint density at radius 2 is 2.08 bits per heavy atom. The Kier molecular flexibility index (Phi) is 6.56. The Morgan fingerprint density at radius 3 is 2.83 bits per heavy atom.